The second-order valence-electron chi connectivity index (χ2n) is 4.94. The minimum atomic E-state index is 0.243. The second kappa shape index (κ2) is 4.84. The molecular formula is C15H18N2S. The van der Waals surface area contributed by atoms with Gasteiger partial charge in [-0.3, -0.25) is 11.3 Å². The molecule has 0 spiro atoms. The summed E-state index contributed by atoms with van der Waals surface area (Å²) < 4.78 is 0. The third kappa shape index (κ3) is 1.99. The van der Waals surface area contributed by atoms with Crippen molar-refractivity contribution in [1.29, 1.82) is 0 Å². The van der Waals surface area contributed by atoms with Crippen molar-refractivity contribution in [3.63, 3.8) is 0 Å². The Morgan fingerprint density at radius 3 is 2.83 bits per heavy atom. The Labute approximate surface area is 112 Å². The van der Waals surface area contributed by atoms with E-state index >= 15 is 0 Å². The van der Waals surface area contributed by atoms with Gasteiger partial charge in [0.15, 0.2) is 0 Å². The van der Waals surface area contributed by atoms with Crippen molar-refractivity contribution >= 4 is 11.3 Å². The molecule has 0 saturated carbocycles. The Kier molecular flexibility index (Phi) is 3.20. The predicted molar refractivity (Wildman–Crippen MR) is 76.6 cm³/mol. The van der Waals surface area contributed by atoms with Gasteiger partial charge in [0.1, 0.15) is 0 Å². The first-order valence-corrected chi connectivity index (χ1v) is 7.21. The van der Waals surface area contributed by atoms with Crippen LogP contribution in [-0.2, 0) is 6.42 Å². The van der Waals surface area contributed by atoms with Gasteiger partial charge in [-0.05, 0) is 43.0 Å². The van der Waals surface area contributed by atoms with Crippen LogP contribution < -0.4 is 11.3 Å². The van der Waals surface area contributed by atoms with Gasteiger partial charge in [0.05, 0.1) is 6.04 Å². The molecule has 0 saturated heterocycles. The quantitative estimate of drug-likeness (QED) is 0.655. The summed E-state index contributed by atoms with van der Waals surface area (Å²) in [5.74, 6) is 6.31. The molecule has 1 aromatic carbocycles. The van der Waals surface area contributed by atoms with E-state index in [-0.39, 0.29) is 6.04 Å². The highest BCUT2D eigenvalue weighted by Gasteiger charge is 2.30. The lowest BCUT2D eigenvalue weighted by Crippen LogP contribution is -2.31. The van der Waals surface area contributed by atoms with Gasteiger partial charge in [0.2, 0.25) is 0 Å². The zero-order valence-electron chi connectivity index (χ0n) is 10.5. The molecule has 2 atom stereocenters. The van der Waals surface area contributed by atoms with Crippen molar-refractivity contribution in [3.05, 3.63) is 57.3 Å². The molecule has 2 aromatic rings. The zero-order valence-corrected chi connectivity index (χ0v) is 11.3. The fourth-order valence-electron chi connectivity index (χ4n) is 2.95. The Morgan fingerprint density at radius 2 is 2.11 bits per heavy atom. The predicted octanol–water partition coefficient (Wildman–Crippen LogP) is 3.29. The van der Waals surface area contributed by atoms with Crippen molar-refractivity contribution in [3.8, 4) is 0 Å². The van der Waals surface area contributed by atoms with Crippen LogP contribution in [0.5, 0.6) is 0 Å². The highest BCUT2D eigenvalue weighted by molar-refractivity contribution is 7.12. The number of nitrogens with one attached hydrogen (secondary N) is 1. The second-order valence-corrected chi connectivity index (χ2v) is 6.26. The SMILES string of the molecule is Cc1ccc(C(NN)C2CCc3ccccc32)s1. The van der Waals surface area contributed by atoms with E-state index in [0.29, 0.717) is 5.92 Å². The molecule has 1 aromatic heterocycles. The van der Waals surface area contributed by atoms with Crippen LogP contribution in [0.4, 0.5) is 0 Å². The first-order valence-electron chi connectivity index (χ1n) is 6.40. The molecule has 0 amide bonds. The van der Waals surface area contributed by atoms with Gasteiger partial charge in [-0.1, -0.05) is 24.3 Å². The van der Waals surface area contributed by atoms with Crippen molar-refractivity contribution in [1.82, 2.24) is 5.43 Å². The molecule has 18 heavy (non-hydrogen) atoms. The van der Waals surface area contributed by atoms with Crippen molar-refractivity contribution in [2.45, 2.75) is 31.7 Å². The van der Waals surface area contributed by atoms with Crippen molar-refractivity contribution < 1.29 is 0 Å². The summed E-state index contributed by atoms with van der Waals surface area (Å²) in [7, 11) is 0. The number of thiophene rings is 1. The van der Waals surface area contributed by atoms with E-state index in [9.17, 15) is 0 Å². The lowest BCUT2D eigenvalue weighted by molar-refractivity contribution is 0.459. The third-order valence-electron chi connectivity index (χ3n) is 3.83. The molecule has 0 radical (unpaired) electrons. The maximum Gasteiger partial charge on any atom is 0.0621 e. The van der Waals surface area contributed by atoms with Gasteiger partial charge in [-0.2, -0.15) is 0 Å². The fraction of sp³-hybridized carbons (Fsp3) is 0.333. The molecule has 0 fully saturated rings. The summed E-state index contributed by atoms with van der Waals surface area (Å²) in [6.45, 7) is 2.14. The number of hydrogen-bond donors (Lipinski definition) is 2. The van der Waals surface area contributed by atoms with Gasteiger partial charge in [-0.25, -0.2) is 0 Å². The molecule has 3 rings (SSSR count). The maximum absolute atomic E-state index is 5.81. The van der Waals surface area contributed by atoms with Crippen LogP contribution in [0.2, 0.25) is 0 Å². The number of nitrogens with two attached hydrogens (primary N) is 1. The third-order valence-corrected chi connectivity index (χ3v) is 4.91. The molecule has 1 heterocycles. The molecule has 1 aliphatic rings. The van der Waals surface area contributed by atoms with E-state index in [2.05, 4.69) is 48.7 Å². The van der Waals surface area contributed by atoms with Crippen LogP contribution in [0.1, 0.15) is 39.3 Å². The minimum absolute atomic E-state index is 0.243. The first kappa shape index (κ1) is 11.9. The molecule has 1 aliphatic carbocycles. The number of benzene rings is 1. The van der Waals surface area contributed by atoms with Crippen LogP contribution in [0.15, 0.2) is 36.4 Å². The number of aryl methyl sites for hydroxylation is 2. The fourth-order valence-corrected chi connectivity index (χ4v) is 3.96. The monoisotopic (exact) mass is 258 g/mol. The average molecular weight is 258 g/mol. The van der Waals surface area contributed by atoms with Crippen LogP contribution in [0, 0.1) is 6.92 Å². The number of hydrazine groups is 1. The van der Waals surface area contributed by atoms with E-state index in [1.807, 2.05) is 11.3 Å². The largest absolute Gasteiger partial charge is 0.271 e. The molecular weight excluding hydrogens is 240 g/mol. The normalized spacial score (nSPS) is 19.8. The minimum Gasteiger partial charge on any atom is -0.271 e. The van der Waals surface area contributed by atoms with E-state index in [4.69, 9.17) is 5.84 Å². The lowest BCUT2D eigenvalue weighted by atomic mass is 9.92. The molecule has 94 valence electrons. The van der Waals surface area contributed by atoms with Gasteiger partial charge in [-0.15, -0.1) is 11.3 Å². The standard InChI is InChI=1S/C15H18N2S/c1-10-6-9-14(18-10)15(17-16)13-8-7-11-4-2-3-5-12(11)13/h2-6,9,13,15,17H,7-8,16H2,1H3. The van der Waals surface area contributed by atoms with Gasteiger partial charge < -0.3 is 0 Å². The summed E-state index contributed by atoms with van der Waals surface area (Å²) in [6, 6.07) is 13.4. The van der Waals surface area contributed by atoms with Crippen LogP contribution >= 0.6 is 11.3 Å². The Bertz CT molecular complexity index is 547. The van der Waals surface area contributed by atoms with E-state index in [1.54, 1.807) is 0 Å². The molecule has 2 nitrogen and oxygen atoms in total. The highest BCUT2D eigenvalue weighted by atomic mass is 32.1. The molecule has 0 aliphatic heterocycles. The zero-order chi connectivity index (χ0) is 12.5. The Morgan fingerprint density at radius 1 is 1.28 bits per heavy atom. The van der Waals surface area contributed by atoms with Crippen molar-refractivity contribution in [2.75, 3.05) is 0 Å². The summed E-state index contributed by atoms with van der Waals surface area (Å²) in [5.41, 5.74) is 5.97. The number of hydrogen-bond acceptors (Lipinski definition) is 3. The summed E-state index contributed by atoms with van der Waals surface area (Å²) in [6.07, 6.45) is 2.36. The van der Waals surface area contributed by atoms with E-state index in [1.165, 1.54) is 33.7 Å². The molecule has 3 N–H and O–H groups in total. The van der Waals surface area contributed by atoms with Gasteiger partial charge in [0, 0.05) is 15.7 Å². The average Bonchev–Trinajstić information content (AvgIpc) is 2.98. The van der Waals surface area contributed by atoms with E-state index < -0.39 is 0 Å². The summed E-state index contributed by atoms with van der Waals surface area (Å²) in [4.78, 5) is 2.69. The molecule has 0 bridgehead atoms. The Balaban J connectivity index is 1.95. The van der Waals surface area contributed by atoms with Crippen LogP contribution in [-0.4, -0.2) is 0 Å². The Hall–Kier alpha value is -1.16. The van der Waals surface area contributed by atoms with E-state index in [0.717, 1.165) is 0 Å². The maximum atomic E-state index is 5.81. The molecule has 2 unspecified atom stereocenters. The molecule has 3 heteroatoms. The topological polar surface area (TPSA) is 38.0 Å². The summed E-state index contributed by atoms with van der Waals surface area (Å²) >= 11 is 1.84. The first-order chi connectivity index (χ1) is 8.79. The van der Waals surface area contributed by atoms with Crippen LogP contribution in [0.25, 0.3) is 0 Å². The number of rotatable bonds is 3. The highest BCUT2D eigenvalue weighted by Crippen LogP contribution is 2.42. The van der Waals surface area contributed by atoms with Gasteiger partial charge in [0.25, 0.3) is 0 Å². The van der Waals surface area contributed by atoms with Crippen molar-refractivity contribution in [2.24, 2.45) is 5.84 Å². The smallest absolute Gasteiger partial charge is 0.0621 e. The lowest BCUT2D eigenvalue weighted by Gasteiger charge is -2.22. The number of fused-ring (bicyclic) bond motifs is 1. The van der Waals surface area contributed by atoms with Crippen LogP contribution in [0.3, 0.4) is 0 Å². The summed E-state index contributed by atoms with van der Waals surface area (Å²) in [5, 5.41) is 0. The van der Waals surface area contributed by atoms with Gasteiger partial charge >= 0.3 is 0 Å².